The third-order valence-electron chi connectivity index (χ3n) is 2.54. The molecule has 1 aromatic heterocycles. The van der Waals surface area contributed by atoms with Crippen molar-refractivity contribution in [2.45, 2.75) is 30.1 Å². The van der Waals surface area contributed by atoms with Crippen molar-refractivity contribution in [3.63, 3.8) is 0 Å². The minimum Gasteiger partial charge on any atom is -0.387 e. The van der Waals surface area contributed by atoms with Crippen LogP contribution in [0.4, 0.5) is 5.82 Å². The molecule has 9 heteroatoms. The van der Waals surface area contributed by atoms with Gasteiger partial charge < -0.3 is 25.4 Å². The van der Waals surface area contributed by atoms with Crippen molar-refractivity contribution in [2.24, 2.45) is 0 Å². The third kappa shape index (κ3) is 2.62. The maximum Gasteiger partial charge on any atom is 0.346 e. The fraction of sp³-hybridized carbons (Fsp3) is 0.556. The molecule has 1 saturated heterocycles. The first-order valence-electron chi connectivity index (χ1n) is 5.14. The molecular weight excluding hydrogens is 266 g/mol. The fourth-order valence-electron chi connectivity index (χ4n) is 1.66. The van der Waals surface area contributed by atoms with Crippen molar-refractivity contribution >= 4 is 17.4 Å². The van der Waals surface area contributed by atoms with Crippen LogP contribution in [0.1, 0.15) is 0 Å². The van der Waals surface area contributed by atoms with Gasteiger partial charge in [0.15, 0.2) is 11.8 Å². The number of H-pyrrole nitrogens is 1. The van der Waals surface area contributed by atoms with E-state index in [1.54, 1.807) is 0 Å². The van der Waals surface area contributed by atoms with E-state index in [9.17, 15) is 15.0 Å². The predicted octanol–water partition coefficient (Wildman–Crippen LogP) is -1.81. The normalized spacial score (nSPS) is 33.3. The van der Waals surface area contributed by atoms with Crippen LogP contribution in [-0.2, 0) is 4.74 Å². The van der Waals surface area contributed by atoms with Gasteiger partial charge in [-0.2, -0.15) is 0 Å². The number of aliphatic hydroxyl groups excluding tert-OH is 3. The topological polar surface area (TPSA) is 128 Å². The fourth-order valence-corrected chi connectivity index (χ4v) is 1.87. The Morgan fingerprint density at radius 1 is 1.50 bits per heavy atom. The largest absolute Gasteiger partial charge is 0.387 e. The van der Waals surface area contributed by atoms with Gasteiger partial charge >= 0.3 is 5.69 Å². The molecule has 100 valence electrons. The highest BCUT2D eigenvalue weighted by Gasteiger charge is 2.45. The lowest BCUT2D eigenvalue weighted by atomic mass is 10.1. The molecule has 1 aliphatic rings. The summed E-state index contributed by atoms with van der Waals surface area (Å²) in [5.74, 6) is 0.260. The molecule has 1 aromatic rings. The van der Waals surface area contributed by atoms with E-state index in [4.69, 9.17) is 21.4 Å². The average molecular weight is 278 g/mol. The van der Waals surface area contributed by atoms with E-state index in [2.05, 4.69) is 15.3 Å². The predicted molar refractivity (Wildman–Crippen MR) is 61.0 cm³/mol. The summed E-state index contributed by atoms with van der Waals surface area (Å²) in [6.07, 6.45) is -3.47. The number of nitrogens with zero attached hydrogens (tertiary/aromatic N) is 1. The number of alkyl halides is 1. The first-order valence-corrected chi connectivity index (χ1v) is 5.58. The molecule has 2 unspecified atom stereocenters. The van der Waals surface area contributed by atoms with Gasteiger partial charge in [-0.05, 0) is 6.07 Å². The van der Waals surface area contributed by atoms with Crippen LogP contribution >= 0.6 is 11.6 Å². The summed E-state index contributed by atoms with van der Waals surface area (Å²) in [4.78, 5) is 16.8. The Kier molecular flexibility index (Phi) is 3.83. The van der Waals surface area contributed by atoms with Gasteiger partial charge in [-0.1, -0.05) is 11.6 Å². The van der Waals surface area contributed by atoms with Crippen LogP contribution in [0.25, 0.3) is 0 Å². The minimum atomic E-state index is -1.45. The molecule has 0 aromatic carbocycles. The number of ether oxygens (including phenoxy) is 1. The van der Waals surface area contributed by atoms with Gasteiger partial charge in [0.2, 0.25) is 0 Å². The summed E-state index contributed by atoms with van der Waals surface area (Å²) in [7, 11) is 0. The van der Waals surface area contributed by atoms with Gasteiger partial charge in [-0.25, -0.2) is 9.78 Å². The Balaban J connectivity index is 2.09. The van der Waals surface area contributed by atoms with Gasteiger partial charge in [-0.15, -0.1) is 0 Å². The van der Waals surface area contributed by atoms with Crippen LogP contribution < -0.4 is 11.0 Å². The van der Waals surface area contributed by atoms with E-state index in [0.29, 0.717) is 0 Å². The van der Waals surface area contributed by atoms with Crippen LogP contribution in [0.15, 0.2) is 17.1 Å². The minimum absolute atomic E-state index is 0.260. The zero-order valence-electron chi connectivity index (χ0n) is 9.02. The highest BCUT2D eigenvalue weighted by atomic mass is 35.5. The zero-order valence-corrected chi connectivity index (χ0v) is 9.78. The zero-order chi connectivity index (χ0) is 13.3. The Bertz CT molecular complexity index is 468. The quantitative estimate of drug-likeness (QED) is 0.412. The van der Waals surface area contributed by atoms with Crippen LogP contribution in [0.3, 0.4) is 0 Å². The number of aromatic nitrogens is 2. The van der Waals surface area contributed by atoms with Crippen molar-refractivity contribution in [3.05, 3.63) is 22.7 Å². The van der Waals surface area contributed by atoms with Crippen molar-refractivity contribution in [2.75, 3.05) is 5.32 Å². The summed E-state index contributed by atoms with van der Waals surface area (Å²) >= 11 is 5.40. The second-order valence-electron chi connectivity index (χ2n) is 3.81. The Hall–Kier alpha value is -1.19. The van der Waals surface area contributed by atoms with Crippen molar-refractivity contribution in [1.29, 1.82) is 0 Å². The molecule has 1 fully saturated rings. The molecule has 0 bridgehead atoms. The SMILES string of the molecule is O=c1nccc(NC2O[C@H](C(O)Cl)[C@@H](O)[C@@H]2O)[nH]1. The number of hydrogen-bond donors (Lipinski definition) is 5. The standard InChI is InChI=1S/C9H12ClN3O5/c10-7(16)6-4(14)5(15)8(18-6)12-3-1-2-11-9(17)13-3/h1-2,4-8,14-16H,(H2,11,12,13,17)/t4-,5-,6-,7?,8?/m0/s1. The van der Waals surface area contributed by atoms with E-state index in [0.717, 1.165) is 0 Å². The highest BCUT2D eigenvalue weighted by Crippen LogP contribution is 2.25. The summed E-state index contributed by atoms with van der Waals surface area (Å²) < 4.78 is 5.16. The smallest absolute Gasteiger partial charge is 0.346 e. The van der Waals surface area contributed by atoms with Crippen LogP contribution in [0.5, 0.6) is 0 Å². The molecule has 5 atom stereocenters. The summed E-state index contributed by atoms with van der Waals surface area (Å²) in [6, 6.07) is 1.45. The molecule has 2 heterocycles. The van der Waals surface area contributed by atoms with E-state index in [1.165, 1.54) is 12.3 Å². The molecule has 0 radical (unpaired) electrons. The Labute approximate surface area is 106 Å². The number of halogens is 1. The maximum atomic E-state index is 11.0. The second-order valence-corrected chi connectivity index (χ2v) is 4.26. The molecule has 5 N–H and O–H groups in total. The Morgan fingerprint density at radius 3 is 2.78 bits per heavy atom. The maximum absolute atomic E-state index is 11.0. The van der Waals surface area contributed by atoms with Gasteiger partial charge in [-0.3, -0.25) is 4.98 Å². The van der Waals surface area contributed by atoms with Gasteiger partial charge in [0, 0.05) is 6.20 Å². The van der Waals surface area contributed by atoms with Crippen LogP contribution in [0.2, 0.25) is 0 Å². The first-order chi connectivity index (χ1) is 8.49. The lowest BCUT2D eigenvalue weighted by molar-refractivity contribution is -0.0308. The van der Waals surface area contributed by atoms with E-state index < -0.39 is 35.8 Å². The van der Waals surface area contributed by atoms with Crippen LogP contribution in [-0.4, -0.2) is 55.4 Å². The van der Waals surface area contributed by atoms with Crippen LogP contribution in [0, 0.1) is 0 Å². The lowest BCUT2D eigenvalue weighted by Crippen LogP contribution is -2.38. The van der Waals surface area contributed by atoms with Gasteiger partial charge in [0.1, 0.15) is 24.1 Å². The molecule has 0 aliphatic carbocycles. The monoisotopic (exact) mass is 277 g/mol. The summed E-state index contributed by atoms with van der Waals surface area (Å²) in [5.41, 5.74) is -2.01. The van der Waals surface area contributed by atoms with Gasteiger partial charge in [0.25, 0.3) is 0 Å². The second kappa shape index (κ2) is 5.21. The summed E-state index contributed by atoms with van der Waals surface area (Å²) in [6.45, 7) is 0. The van der Waals surface area contributed by atoms with E-state index >= 15 is 0 Å². The molecule has 2 rings (SSSR count). The molecule has 0 amide bonds. The van der Waals surface area contributed by atoms with Gasteiger partial charge in [0.05, 0.1) is 0 Å². The number of aromatic amines is 1. The highest BCUT2D eigenvalue weighted by molar-refractivity contribution is 6.19. The number of hydrogen-bond acceptors (Lipinski definition) is 7. The third-order valence-corrected chi connectivity index (χ3v) is 2.79. The first kappa shape index (κ1) is 13.2. The van der Waals surface area contributed by atoms with Crippen molar-refractivity contribution in [3.8, 4) is 0 Å². The summed E-state index contributed by atoms with van der Waals surface area (Å²) in [5, 5.41) is 31.1. The number of aliphatic hydroxyl groups is 3. The Morgan fingerprint density at radius 2 is 2.22 bits per heavy atom. The molecule has 8 nitrogen and oxygen atoms in total. The lowest BCUT2D eigenvalue weighted by Gasteiger charge is -2.17. The molecule has 18 heavy (non-hydrogen) atoms. The molecule has 0 saturated carbocycles. The number of rotatable bonds is 3. The van der Waals surface area contributed by atoms with Crippen molar-refractivity contribution in [1.82, 2.24) is 9.97 Å². The number of anilines is 1. The average Bonchev–Trinajstić information content (AvgIpc) is 2.58. The van der Waals surface area contributed by atoms with Crippen molar-refractivity contribution < 1.29 is 20.1 Å². The molecular formula is C9H12ClN3O5. The van der Waals surface area contributed by atoms with E-state index in [-0.39, 0.29) is 5.82 Å². The molecule has 0 spiro atoms. The van der Waals surface area contributed by atoms with E-state index in [1.807, 2.05) is 0 Å². The number of nitrogens with one attached hydrogen (secondary N) is 2. The molecule has 1 aliphatic heterocycles.